The van der Waals surface area contributed by atoms with Gasteiger partial charge in [0.1, 0.15) is 36.6 Å². The summed E-state index contributed by atoms with van der Waals surface area (Å²) in [6, 6.07) is -1.26. The summed E-state index contributed by atoms with van der Waals surface area (Å²) in [4.78, 5) is 23.4. The molecule has 0 bridgehead atoms. The average Bonchev–Trinajstić information content (AvgIpc) is 3.18. The Balaban J connectivity index is 2.62. The fraction of sp³-hybridized carbons (Fsp3) is 0.837. The minimum Gasteiger partial charge on any atom is -0.393 e. The molecule has 13 nitrogen and oxygen atoms in total. The normalized spacial score (nSPS) is 24.3. The van der Waals surface area contributed by atoms with E-state index in [9.17, 15) is 50.0 Å². The number of allylic oxidation sites excluding steroid dienone is 5. The standard InChI is InChI=1S/C43H80NO12P/c1-3-5-7-9-11-13-15-17-19-20-22-24-26-28-30-34(45)32-37(47)44-35(36(46)31-29-27-25-23-21-18-16-14-12-10-8-6-4-2)33-55-57(53,54)56-43-41(51)39(49)38(48)40(50)42(43)52/h19-21,23,29,31,34-36,38-43,45-46,48-52H,3-18,22,24-28,30,32-33H2,1-2H3,(H,44,47)(H,53,54)/b20-19-,23-21+,31-29+. The molecule has 8 unspecified atom stereocenters. The van der Waals surface area contributed by atoms with Crippen molar-refractivity contribution >= 4 is 13.7 Å². The van der Waals surface area contributed by atoms with Gasteiger partial charge in [0.05, 0.1) is 31.3 Å². The van der Waals surface area contributed by atoms with Crippen molar-refractivity contribution in [2.75, 3.05) is 6.61 Å². The number of phosphoric acid groups is 1. The quantitative estimate of drug-likeness (QED) is 0.0187. The lowest BCUT2D eigenvalue weighted by Gasteiger charge is -2.41. The van der Waals surface area contributed by atoms with Crippen LogP contribution in [0.15, 0.2) is 36.5 Å². The Morgan fingerprint density at radius 3 is 1.54 bits per heavy atom. The van der Waals surface area contributed by atoms with E-state index in [0.717, 1.165) is 51.4 Å². The summed E-state index contributed by atoms with van der Waals surface area (Å²) in [5.41, 5.74) is 0. The Morgan fingerprint density at radius 2 is 1.04 bits per heavy atom. The number of amides is 1. The summed E-state index contributed by atoms with van der Waals surface area (Å²) in [7, 11) is -5.15. The van der Waals surface area contributed by atoms with E-state index in [1.165, 1.54) is 89.5 Å². The van der Waals surface area contributed by atoms with Crippen molar-refractivity contribution in [2.24, 2.45) is 0 Å². The first-order valence-corrected chi connectivity index (χ1v) is 23.5. The first-order chi connectivity index (χ1) is 27.3. The fourth-order valence-corrected chi connectivity index (χ4v) is 7.75. The molecule has 0 aromatic rings. The van der Waals surface area contributed by atoms with E-state index in [4.69, 9.17) is 9.05 Å². The van der Waals surface area contributed by atoms with Crippen molar-refractivity contribution in [3.8, 4) is 0 Å². The van der Waals surface area contributed by atoms with E-state index in [-0.39, 0.29) is 6.42 Å². The maximum absolute atomic E-state index is 12.9. The molecule has 1 amide bonds. The van der Waals surface area contributed by atoms with Gasteiger partial charge in [0.25, 0.3) is 0 Å². The van der Waals surface area contributed by atoms with Gasteiger partial charge in [-0.25, -0.2) is 4.57 Å². The van der Waals surface area contributed by atoms with Gasteiger partial charge in [0.15, 0.2) is 0 Å². The second kappa shape index (κ2) is 33.3. The minimum atomic E-state index is -5.15. The van der Waals surface area contributed by atoms with Crippen LogP contribution in [0.4, 0.5) is 0 Å². The Kier molecular flexibility index (Phi) is 31.2. The second-order valence-electron chi connectivity index (χ2n) is 15.7. The molecule has 14 heteroatoms. The molecule has 1 fully saturated rings. The third-order valence-electron chi connectivity index (χ3n) is 10.4. The van der Waals surface area contributed by atoms with Gasteiger partial charge in [0, 0.05) is 0 Å². The zero-order valence-electron chi connectivity index (χ0n) is 35.0. The molecule has 0 saturated heterocycles. The molecular weight excluding hydrogens is 753 g/mol. The number of aliphatic hydroxyl groups is 7. The van der Waals surface area contributed by atoms with Crippen LogP contribution in [0, 0.1) is 0 Å². The predicted octanol–water partition coefficient (Wildman–Crippen LogP) is 6.58. The van der Waals surface area contributed by atoms with Gasteiger partial charge in [-0.2, -0.15) is 0 Å². The molecule has 9 N–H and O–H groups in total. The predicted molar refractivity (Wildman–Crippen MR) is 224 cm³/mol. The molecule has 57 heavy (non-hydrogen) atoms. The Bertz CT molecular complexity index is 1120. The topological polar surface area (TPSA) is 226 Å². The van der Waals surface area contributed by atoms with Crippen molar-refractivity contribution in [1.82, 2.24) is 5.32 Å². The summed E-state index contributed by atoms with van der Waals surface area (Å²) >= 11 is 0. The largest absolute Gasteiger partial charge is 0.472 e. The van der Waals surface area contributed by atoms with Crippen LogP contribution in [0.1, 0.15) is 168 Å². The van der Waals surface area contributed by atoms with Crippen molar-refractivity contribution in [3.05, 3.63) is 36.5 Å². The zero-order chi connectivity index (χ0) is 42.3. The lowest BCUT2D eigenvalue weighted by Crippen LogP contribution is -2.64. The second-order valence-corrected chi connectivity index (χ2v) is 17.1. The highest BCUT2D eigenvalue weighted by Gasteiger charge is 2.51. The first kappa shape index (κ1) is 53.5. The van der Waals surface area contributed by atoms with E-state index >= 15 is 0 Å². The van der Waals surface area contributed by atoms with Crippen LogP contribution >= 0.6 is 7.82 Å². The van der Waals surface area contributed by atoms with Gasteiger partial charge >= 0.3 is 7.82 Å². The molecule has 8 atom stereocenters. The molecule has 0 heterocycles. The number of carbonyl (C=O) groups excluding carboxylic acids is 1. The molecule has 0 aromatic heterocycles. The van der Waals surface area contributed by atoms with Crippen LogP contribution in [-0.4, -0.2) is 108 Å². The van der Waals surface area contributed by atoms with Gasteiger partial charge < -0.3 is 46.0 Å². The number of unbranched alkanes of at least 4 members (excludes halogenated alkanes) is 18. The Labute approximate surface area is 343 Å². The lowest BCUT2D eigenvalue weighted by molar-refractivity contribution is -0.220. The summed E-state index contributed by atoms with van der Waals surface area (Å²) in [5, 5.41) is 74.2. The Morgan fingerprint density at radius 1 is 0.614 bits per heavy atom. The van der Waals surface area contributed by atoms with Crippen molar-refractivity contribution in [2.45, 2.75) is 223 Å². The summed E-state index contributed by atoms with van der Waals surface area (Å²) < 4.78 is 22.8. The zero-order valence-corrected chi connectivity index (χ0v) is 35.9. The van der Waals surface area contributed by atoms with Crippen molar-refractivity contribution in [3.63, 3.8) is 0 Å². The molecule has 1 aliphatic rings. The van der Waals surface area contributed by atoms with E-state index in [2.05, 4.69) is 43.5 Å². The van der Waals surface area contributed by atoms with Crippen LogP contribution in [0.5, 0.6) is 0 Å². The minimum absolute atomic E-state index is 0.263. The van der Waals surface area contributed by atoms with E-state index in [0.29, 0.717) is 12.8 Å². The van der Waals surface area contributed by atoms with Gasteiger partial charge in [-0.3, -0.25) is 13.8 Å². The molecule has 0 aromatic carbocycles. The molecule has 1 rings (SSSR count). The molecule has 1 saturated carbocycles. The number of rotatable bonds is 35. The highest BCUT2D eigenvalue weighted by atomic mass is 31.2. The van der Waals surface area contributed by atoms with Crippen LogP contribution < -0.4 is 5.32 Å². The number of phosphoric ester groups is 1. The smallest absolute Gasteiger partial charge is 0.393 e. The molecular formula is C43H80NO12P. The maximum atomic E-state index is 12.9. The van der Waals surface area contributed by atoms with E-state index < -0.39 is 75.2 Å². The molecule has 0 radical (unpaired) electrons. The monoisotopic (exact) mass is 834 g/mol. The highest BCUT2D eigenvalue weighted by Crippen LogP contribution is 2.47. The van der Waals surface area contributed by atoms with Crippen LogP contribution in [-0.2, 0) is 18.4 Å². The highest BCUT2D eigenvalue weighted by molar-refractivity contribution is 7.47. The summed E-state index contributed by atoms with van der Waals surface area (Å²) in [6.45, 7) is 3.68. The van der Waals surface area contributed by atoms with Crippen molar-refractivity contribution < 1.29 is 59.0 Å². The number of carbonyl (C=O) groups is 1. The number of hydrogen-bond acceptors (Lipinski definition) is 11. The van der Waals surface area contributed by atoms with Crippen LogP contribution in [0.25, 0.3) is 0 Å². The lowest BCUT2D eigenvalue weighted by atomic mass is 9.85. The van der Waals surface area contributed by atoms with Crippen molar-refractivity contribution in [1.29, 1.82) is 0 Å². The van der Waals surface area contributed by atoms with Gasteiger partial charge in [-0.05, 0) is 57.8 Å². The van der Waals surface area contributed by atoms with Crippen LogP contribution in [0.2, 0.25) is 0 Å². The first-order valence-electron chi connectivity index (χ1n) is 22.0. The van der Waals surface area contributed by atoms with Gasteiger partial charge in [0.2, 0.25) is 5.91 Å². The fourth-order valence-electron chi connectivity index (χ4n) is 6.78. The van der Waals surface area contributed by atoms with Gasteiger partial charge in [-0.1, -0.05) is 140 Å². The number of nitrogens with one attached hydrogen (secondary N) is 1. The molecule has 0 spiro atoms. The van der Waals surface area contributed by atoms with Gasteiger partial charge in [-0.15, -0.1) is 0 Å². The molecule has 1 aliphatic carbocycles. The number of aliphatic hydroxyl groups excluding tert-OH is 7. The molecule has 0 aliphatic heterocycles. The summed E-state index contributed by atoms with van der Waals surface area (Å²) in [5.74, 6) is -0.614. The molecule has 334 valence electrons. The van der Waals surface area contributed by atoms with Crippen LogP contribution in [0.3, 0.4) is 0 Å². The maximum Gasteiger partial charge on any atom is 0.472 e. The number of hydrogen-bond donors (Lipinski definition) is 9. The third-order valence-corrected chi connectivity index (χ3v) is 11.4. The van der Waals surface area contributed by atoms with E-state index in [1.807, 2.05) is 0 Å². The average molecular weight is 834 g/mol. The third kappa shape index (κ3) is 25.7. The SMILES string of the molecule is CCCCCCCCC/C=C\CCCCCC(O)CC(=O)NC(COP(=O)(O)OC1C(O)C(O)C(O)C(O)C1O)C(O)/C=C/CC/C=C/CCCCCCCCC. The Hall–Kier alpha value is -1.48. The summed E-state index contributed by atoms with van der Waals surface area (Å²) in [6.07, 6.45) is 22.4. The van der Waals surface area contributed by atoms with E-state index in [1.54, 1.807) is 6.08 Å².